The standard InChI is InChI=1S/C21H33N5O3/c27-20-5-15-29-16-14-25(20)12-10-23-6-8-24(9-7-23)11-13-26-21(28)17-18-3-1-2-4-19(18)22-26/h17H,1-16H2. The number of ether oxygens (including phenoxy) is 1. The smallest absolute Gasteiger partial charge is 0.267 e. The van der Waals surface area contributed by atoms with E-state index in [2.05, 4.69) is 14.9 Å². The average molecular weight is 404 g/mol. The normalized spacial score (nSPS) is 21.8. The Balaban J connectivity index is 1.20. The van der Waals surface area contributed by atoms with Gasteiger partial charge in [0.05, 0.1) is 31.9 Å². The van der Waals surface area contributed by atoms with Crippen LogP contribution in [0.3, 0.4) is 0 Å². The maximum absolute atomic E-state index is 12.3. The molecular formula is C21H33N5O3. The number of amides is 1. The molecule has 0 atom stereocenters. The highest BCUT2D eigenvalue weighted by molar-refractivity contribution is 5.76. The maximum Gasteiger partial charge on any atom is 0.267 e. The number of hydrogen-bond donors (Lipinski definition) is 0. The lowest BCUT2D eigenvalue weighted by Gasteiger charge is -2.35. The van der Waals surface area contributed by atoms with Gasteiger partial charge < -0.3 is 9.64 Å². The number of nitrogens with zero attached hydrogens (tertiary/aromatic N) is 5. The fraction of sp³-hybridized carbons (Fsp3) is 0.762. The molecule has 2 saturated heterocycles. The van der Waals surface area contributed by atoms with Crippen LogP contribution < -0.4 is 5.56 Å². The Morgan fingerprint density at radius 1 is 0.828 bits per heavy atom. The topological polar surface area (TPSA) is 70.9 Å². The fourth-order valence-electron chi connectivity index (χ4n) is 4.45. The molecule has 29 heavy (non-hydrogen) atoms. The predicted molar refractivity (Wildman–Crippen MR) is 110 cm³/mol. The van der Waals surface area contributed by atoms with E-state index in [1.54, 1.807) is 10.7 Å². The van der Waals surface area contributed by atoms with Crippen LogP contribution in [0.5, 0.6) is 0 Å². The van der Waals surface area contributed by atoms with E-state index >= 15 is 0 Å². The summed E-state index contributed by atoms with van der Waals surface area (Å²) in [4.78, 5) is 31.2. The number of aryl methyl sites for hydroxylation is 2. The third kappa shape index (κ3) is 5.43. The van der Waals surface area contributed by atoms with Crippen LogP contribution in [0.4, 0.5) is 0 Å². The number of hydrogen-bond acceptors (Lipinski definition) is 6. The van der Waals surface area contributed by atoms with Crippen LogP contribution in [-0.2, 0) is 28.9 Å². The van der Waals surface area contributed by atoms with Crippen LogP contribution in [0, 0.1) is 0 Å². The lowest BCUT2D eigenvalue weighted by molar-refractivity contribution is -0.130. The lowest BCUT2D eigenvalue weighted by Crippen LogP contribution is -2.50. The zero-order chi connectivity index (χ0) is 20.1. The summed E-state index contributed by atoms with van der Waals surface area (Å²) < 4.78 is 7.05. The second kappa shape index (κ2) is 9.82. The van der Waals surface area contributed by atoms with Gasteiger partial charge in [0.25, 0.3) is 5.56 Å². The molecule has 1 amide bonds. The van der Waals surface area contributed by atoms with E-state index in [0.717, 1.165) is 69.9 Å². The van der Waals surface area contributed by atoms with Gasteiger partial charge in [-0.3, -0.25) is 19.4 Å². The average Bonchev–Trinajstić information content (AvgIpc) is 2.95. The van der Waals surface area contributed by atoms with Crippen molar-refractivity contribution in [2.24, 2.45) is 0 Å². The van der Waals surface area contributed by atoms with Gasteiger partial charge >= 0.3 is 0 Å². The molecule has 0 spiro atoms. The molecule has 0 N–H and O–H groups in total. The number of piperazine rings is 1. The number of fused-ring (bicyclic) bond motifs is 1. The second-order valence-electron chi connectivity index (χ2n) is 8.31. The van der Waals surface area contributed by atoms with Gasteiger partial charge in [0.2, 0.25) is 5.91 Å². The molecule has 8 nitrogen and oxygen atoms in total. The van der Waals surface area contributed by atoms with Crippen molar-refractivity contribution < 1.29 is 9.53 Å². The van der Waals surface area contributed by atoms with E-state index in [1.807, 2.05) is 4.90 Å². The fourth-order valence-corrected chi connectivity index (χ4v) is 4.45. The molecule has 2 aliphatic heterocycles. The molecule has 160 valence electrons. The van der Waals surface area contributed by atoms with Gasteiger partial charge in [-0.15, -0.1) is 0 Å². The van der Waals surface area contributed by atoms with E-state index in [-0.39, 0.29) is 11.5 Å². The molecule has 3 heterocycles. The first-order valence-electron chi connectivity index (χ1n) is 11.1. The lowest BCUT2D eigenvalue weighted by atomic mass is 9.97. The van der Waals surface area contributed by atoms with Crippen molar-refractivity contribution in [2.45, 2.75) is 38.6 Å². The molecule has 1 aromatic heterocycles. The molecule has 3 aliphatic rings. The molecule has 0 radical (unpaired) electrons. The summed E-state index contributed by atoms with van der Waals surface area (Å²) in [5.41, 5.74) is 2.31. The van der Waals surface area contributed by atoms with Crippen LogP contribution in [0.2, 0.25) is 0 Å². The number of carbonyl (C=O) groups is 1. The van der Waals surface area contributed by atoms with Crippen molar-refractivity contribution in [3.05, 3.63) is 27.7 Å². The summed E-state index contributed by atoms with van der Waals surface area (Å²) in [7, 11) is 0. The summed E-state index contributed by atoms with van der Waals surface area (Å²) >= 11 is 0. The van der Waals surface area contributed by atoms with Gasteiger partial charge in [-0.25, -0.2) is 4.68 Å². The van der Waals surface area contributed by atoms with Crippen LogP contribution in [0.1, 0.15) is 30.5 Å². The zero-order valence-electron chi connectivity index (χ0n) is 17.4. The van der Waals surface area contributed by atoms with Crippen molar-refractivity contribution in [2.75, 3.05) is 65.6 Å². The molecule has 2 fully saturated rings. The quantitative estimate of drug-likeness (QED) is 0.665. The number of aromatic nitrogens is 2. The van der Waals surface area contributed by atoms with E-state index in [0.29, 0.717) is 32.7 Å². The third-order valence-electron chi connectivity index (χ3n) is 6.37. The van der Waals surface area contributed by atoms with Gasteiger partial charge in [0, 0.05) is 58.4 Å². The summed E-state index contributed by atoms with van der Waals surface area (Å²) in [6, 6.07) is 1.80. The van der Waals surface area contributed by atoms with E-state index < -0.39 is 0 Å². The molecule has 0 saturated carbocycles. The van der Waals surface area contributed by atoms with E-state index in [1.165, 1.54) is 12.8 Å². The minimum atomic E-state index is 0.0374. The largest absolute Gasteiger partial charge is 0.379 e. The predicted octanol–water partition coefficient (Wildman–Crippen LogP) is -0.0114. The third-order valence-corrected chi connectivity index (χ3v) is 6.37. The summed E-state index contributed by atoms with van der Waals surface area (Å²) in [5, 5.41) is 4.63. The van der Waals surface area contributed by atoms with E-state index in [4.69, 9.17) is 4.74 Å². The number of carbonyl (C=O) groups excluding carboxylic acids is 1. The van der Waals surface area contributed by atoms with Crippen molar-refractivity contribution in [1.29, 1.82) is 0 Å². The minimum Gasteiger partial charge on any atom is -0.379 e. The second-order valence-corrected chi connectivity index (χ2v) is 8.31. The Labute approximate surface area is 172 Å². The molecule has 0 bridgehead atoms. The highest BCUT2D eigenvalue weighted by atomic mass is 16.5. The monoisotopic (exact) mass is 403 g/mol. The zero-order valence-corrected chi connectivity index (χ0v) is 17.4. The highest BCUT2D eigenvalue weighted by Gasteiger charge is 2.21. The van der Waals surface area contributed by atoms with Crippen LogP contribution in [0.25, 0.3) is 0 Å². The van der Waals surface area contributed by atoms with Crippen LogP contribution in [0.15, 0.2) is 10.9 Å². The van der Waals surface area contributed by atoms with Gasteiger partial charge in [-0.2, -0.15) is 5.10 Å². The van der Waals surface area contributed by atoms with E-state index in [9.17, 15) is 9.59 Å². The minimum absolute atomic E-state index is 0.0374. The first-order chi connectivity index (χ1) is 14.2. The molecule has 0 unspecified atom stereocenters. The van der Waals surface area contributed by atoms with Crippen molar-refractivity contribution in [3.8, 4) is 0 Å². The Hall–Kier alpha value is -1.77. The molecular weight excluding hydrogens is 370 g/mol. The van der Waals surface area contributed by atoms with Crippen LogP contribution >= 0.6 is 0 Å². The summed E-state index contributed by atoms with van der Waals surface area (Å²) in [6.07, 6.45) is 4.85. The molecule has 1 aliphatic carbocycles. The van der Waals surface area contributed by atoms with Crippen molar-refractivity contribution >= 4 is 5.91 Å². The Bertz CT molecular complexity index is 757. The van der Waals surface area contributed by atoms with Gasteiger partial charge in [-0.1, -0.05) is 0 Å². The molecule has 8 heteroatoms. The Morgan fingerprint density at radius 3 is 2.34 bits per heavy atom. The number of rotatable bonds is 6. The first-order valence-corrected chi connectivity index (χ1v) is 11.1. The van der Waals surface area contributed by atoms with Crippen molar-refractivity contribution in [3.63, 3.8) is 0 Å². The van der Waals surface area contributed by atoms with Gasteiger partial charge in [0.15, 0.2) is 0 Å². The maximum atomic E-state index is 12.3. The van der Waals surface area contributed by atoms with Gasteiger partial charge in [-0.05, 0) is 31.2 Å². The summed E-state index contributed by atoms with van der Waals surface area (Å²) in [6.45, 7) is 9.15. The van der Waals surface area contributed by atoms with Crippen molar-refractivity contribution in [1.82, 2.24) is 24.5 Å². The molecule has 1 aromatic rings. The molecule has 4 rings (SSSR count). The SMILES string of the molecule is O=C1CCOCCN1CCN1CCN(CCn2nc3c(cc2=O)CCCC3)CC1. The highest BCUT2D eigenvalue weighted by Crippen LogP contribution is 2.16. The first kappa shape index (κ1) is 20.5. The molecule has 0 aromatic carbocycles. The Morgan fingerprint density at radius 2 is 1.55 bits per heavy atom. The summed E-state index contributed by atoms with van der Waals surface area (Å²) in [5.74, 6) is 0.212. The van der Waals surface area contributed by atoms with Crippen LogP contribution in [-0.4, -0.2) is 96.0 Å². The van der Waals surface area contributed by atoms with Gasteiger partial charge in [0.1, 0.15) is 0 Å². The Kier molecular flexibility index (Phi) is 6.94.